The second-order valence-electron chi connectivity index (χ2n) is 7.62. The molecule has 4 aromatic rings. The highest BCUT2D eigenvalue weighted by Gasteiger charge is 2.32. The number of urea groups is 1. The predicted molar refractivity (Wildman–Crippen MR) is 119 cm³/mol. The quantitative estimate of drug-likeness (QED) is 0.518. The van der Waals surface area contributed by atoms with Gasteiger partial charge in [0.25, 0.3) is 0 Å². The fraction of sp³-hybridized carbons (Fsp3) is 0.160. The van der Waals surface area contributed by atoms with Crippen molar-refractivity contribution in [1.29, 1.82) is 0 Å². The van der Waals surface area contributed by atoms with Gasteiger partial charge in [-0.1, -0.05) is 48.5 Å². The molecule has 2 heterocycles. The second-order valence-corrected chi connectivity index (χ2v) is 7.62. The van der Waals surface area contributed by atoms with E-state index in [1.807, 2.05) is 42.6 Å². The van der Waals surface area contributed by atoms with Crippen LogP contribution in [0.3, 0.4) is 0 Å². The number of H-pyrrole nitrogens is 1. The highest BCUT2D eigenvalue weighted by Crippen LogP contribution is 2.39. The molecule has 1 aliphatic rings. The van der Waals surface area contributed by atoms with Crippen molar-refractivity contribution in [3.8, 4) is 16.9 Å². The number of rotatable bonds is 3. The van der Waals surface area contributed by atoms with Crippen LogP contribution in [0.2, 0.25) is 0 Å². The smallest absolute Gasteiger partial charge is 0.315 e. The number of ether oxygens (including phenoxy) is 1. The number of aromatic amines is 1. The minimum Gasteiger partial charge on any atom is -0.497 e. The highest BCUT2D eigenvalue weighted by atomic mass is 16.5. The van der Waals surface area contributed by atoms with Gasteiger partial charge in [0.05, 0.1) is 13.2 Å². The number of nitrogens with one attached hydrogen (secondary N) is 1. The number of methoxy groups -OCH3 is 1. The standard InChI is InChI=1S/C25H23N3O2/c1-30-19-6-4-5-16(14-19)17-9-10-20-18(13-17)11-12-28(25(26)29)24(20)22-15-27-23-8-3-2-7-21(22)23/h2-10,13-15,24,27H,11-12H2,1H3,(H2,26,29). The maximum absolute atomic E-state index is 12.3. The normalized spacial score (nSPS) is 15.8. The Labute approximate surface area is 175 Å². The maximum atomic E-state index is 12.3. The van der Waals surface area contributed by atoms with Crippen LogP contribution in [0.5, 0.6) is 5.75 Å². The van der Waals surface area contributed by atoms with Gasteiger partial charge in [-0.2, -0.15) is 0 Å². The molecule has 0 fully saturated rings. The molecule has 3 N–H and O–H groups in total. The van der Waals surface area contributed by atoms with Gasteiger partial charge in [-0.3, -0.25) is 0 Å². The first kappa shape index (κ1) is 18.3. The largest absolute Gasteiger partial charge is 0.497 e. The summed E-state index contributed by atoms with van der Waals surface area (Å²) in [5.74, 6) is 0.835. The number of fused-ring (bicyclic) bond motifs is 2. The van der Waals surface area contributed by atoms with Crippen molar-refractivity contribution in [1.82, 2.24) is 9.88 Å². The number of aromatic nitrogens is 1. The molecule has 1 unspecified atom stereocenters. The molecule has 30 heavy (non-hydrogen) atoms. The molecule has 5 heteroatoms. The molecule has 0 spiro atoms. The van der Waals surface area contributed by atoms with Gasteiger partial charge in [0, 0.05) is 29.2 Å². The first-order valence-electron chi connectivity index (χ1n) is 10.0. The molecule has 2 amide bonds. The third-order valence-electron chi connectivity index (χ3n) is 5.97. The van der Waals surface area contributed by atoms with Crippen molar-refractivity contribution in [3.05, 3.63) is 89.6 Å². The lowest BCUT2D eigenvalue weighted by Crippen LogP contribution is -2.43. The number of hydrogen-bond donors (Lipinski definition) is 2. The van der Waals surface area contributed by atoms with Crippen LogP contribution in [0.4, 0.5) is 4.79 Å². The Bertz CT molecular complexity index is 1240. The number of hydrogen-bond acceptors (Lipinski definition) is 2. The number of primary amides is 1. The van der Waals surface area contributed by atoms with E-state index in [9.17, 15) is 4.79 Å². The van der Waals surface area contributed by atoms with E-state index in [4.69, 9.17) is 10.5 Å². The molecule has 0 saturated heterocycles. The molecule has 150 valence electrons. The Kier molecular flexibility index (Phi) is 4.43. The number of nitrogens with two attached hydrogens (primary N) is 1. The van der Waals surface area contributed by atoms with Crippen LogP contribution in [-0.4, -0.2) is 29.6 Å². The monoisotopic (exact) mass is 397 g/mol. The van der Waals surface area contributed by atoms with Crippen LogP contribution in [-0.2, 0) is 6.42 Å². The fourth-order valence-electron chi connectivity index (χ4n) is 4.50. The maximum Gasteiger partial charge on any atom is 0.315 e. The number of carbonyl (C=O) groups is 1. The zero-order valence-corrected chi connectivity index (χ0v) is 16.8. The summed E-state index contributed by atoms with van der Waals surface area (Å²) in [4.78, 5) is 17.4. The molecule has 5 nitrogen and oxygen atoms in total. The van der Waals surface area contributed by atoms with E-state index >= 15 is 0 Å². The summed E-state index contributed by atoms with van der Waals surface area (Å²) in [6.07, 6.45) is 2.77. The minimum atomic E-state index is -0.396. The first-order chi connectivity index (χ1) is 14.7. The van der Waals surface area contributed by atoms with Crippen molar-refractivity contribution < 1.29 is 9.53 Å². The summed E-state index contributed by atoms with van der Waals surface area (Å²) in [6.45, 7) is 0.591. The van der Waals surface area contributed by atoms with E-state index in [1.54, 1.807) is 12.0 Å². The molecule has 0 bridgehead atoms. The van der Waals surface area contributed by atoms with Gasteiger partial charge in [-0.15, -0.1) is 0 Å². The fourth-order valence-corrected chi connectivity index (χ4v) is 4.50. The van der Waals surface area contributed by atoms with E-state index in [-0.39, 0.29) is 6.04 Å². The zero-order valence-electron chi connectivity index (χ0n) is 16.8. The lowest BCUT2D eigenvalue weighted by atomic mass is 9.86. The Morgan fingerprint density at radius 1 is 1.03 bits per heavy atom. The molecule has 0 aliphatic carbocycles. The number of amides is 2. The molecule has 3 aromatic carbocycles. The van der Waals surface area contributed by atoms with Gasteiger partial charge in [0.2, 0.25) is 0 Å². The van der Waals surface area contributed by atoms with Crippen molar-refractivity contribution in [2.45, 2.75) is 12.5 Å². The van der Waals surface area contributed by atoms with Gasteiger partial charge in [0.1, 0.15) is 5.75 Å². The summed E-state index contributed by atoms with van der Waals surface area (Å²) in [5, 5.41) is 1.11. The molecule has 0 radical (unpaired) electrons. The van der Waals surface area contributed by atoms with Gasteiger partial charge in [-0.05, 0) is 46.9 Å². The van der Waals surface area contributed by atoms with E-state index < -0.39 is 6.03 Å². The Morgan fingerprint density at radius 3 is 2.70 bits per heavy atom. The average molecular weight is 397 g/mol. The third kappa shape index (κ3) is 2.99. The summed E-state index contributed by atoms with van der Waals surface area (Å²) in [5.41, 5.74) is 12.5. The third-order valence-corrected chi connectivity index (χ3v) is 5.97. The number of nitrogens with zero attached hydrogens (tertiary/aromatic N) is 1. The molecule has 1 aromatic heterocycles. The zero-order chi connectivity index (χ0) is 20.7. The number of benzene rings is 3. The summed E-state index contributed by atoms with van der Waals surface area (Å²) < 4.78 is 5.37. The SMILES string of the molecule is COc1cccc(-c2ccc3c(c2)CCN(C(N)=O)C3c2c[nH]c3ccccc23)c1. The van der Waals surface area contributed by atoms with E-state index in [1.165, 1.54) is 5.56 Å². The Morgan fingerprint density at radius 2 is 1.87 bits per heavy atom. The van der Waals surface area contributed by atoms with Crippen LogP contribution < -0.4 is 10.5 Å². The molecular weight excluding hydrogens is 374 g/mol. The van der Waals surface area contributed by atoms with Gasteiger partial charge in [-0.25, -0.2) is 4.79 Å². The molecule has 0 saturated carbocycles. The summed E-state index contributed by atoms with van der Waals surface area (Å²) >= 11 is 0. The van der Waals surface area contributed by atoms with Crippen LogP contribution in [0.25, 0.3) is 22.0 Å². The topological polar surface area (TPSA) is 71.3 Å². The molecule has 1 atom stereocenters. The summed E-state index contributed by atoms with van der Waals surface area (Å²) in [7, 11) is 1.68. The van der Waals surface area contributed by atoms with Crippen molar-refractivity contribution in [2.24, 2.45) is 5.73 Å². The highest BCUT2D eigenvalue weighted by molar-refractivity contribution is 5.85. The second kappa shape index (κ2) is 7.26. The first-order valence-corrected chi connectivity index (χ1v) is 10.0. The predicted octanol–water partition coefficient (Wildman–Crippen LogP) is 4.87. The van der Waals surface area contributed by atoms with Crippen molar-refractivity contribution >= 4 is 16.9 Å². The van der Waals surface area contributed by atoms with Crippen LogP contribution >= 0.6 is 0 Å². The van der Waals surface area contributed by atoms with E-state index in [0.717, 1.165) is 45.3 Å². The van der Waals surface area contributed by atoms with Gasteiger partial charge in [0.15, 0.2) is 0 Å². The lowest BCUT2D eigenvalue weighted by Gasteiger charge is -2.36. The van der Waals surface area contributed by atoms with Crippen LogP contribution in [0.1, 0.15) is 22.7 Å². The van der Waals surface area contributed by atoms with Gasteiger partial charge < -0.3 is 20.4 Å². The summed E-state index contributed by atoms with van der Waals surface area (Å²) in [6, 6.07) is 22.1. The molecule has 5 rings (SSSR count). The van der Waals surface area contributed by atoms with E-state index in [2.05, 4.69) is 35.3 Å². The average Bonchev–Trinajstić information content (AvgIpc) is 3.21. The minimum absolute atomic E-state index is 0.207. The van der Waals surface area contributed by atoms with Crippen LogP contribution in [0.15, 0.2) is 72.9 Å². The van der Waals surface area contributed by atoms with Crippen molar-refractivity contribution in [3.63, 3.8) is 0 Å². The number of para-hydroxylation sites is 1. The molecular formula is C25H23N3O2. The van der Waals surface area contributed by atoms with E-state index in [0.29, 0.717) is 6.54 Å². The lowest BCUT2D eigenvalue weighted by molar-refractivity contribution is 0.190. The Hall–Kier alpha value is -3.73. The Balaban J connectivity index is 1.63. The van der Waals surface area contributed by atoms with Gasteiger partial charge >= 0.3 is 6.03 Å². The number of carbonyl (C=O) groups excluding carboxylic acids is 1. The van der Waals surface area contributed by atoms with Crippen LogP contribution in [0, 0.1) is 0 Å². The molecule has 1 aliphatic heterocycles. The van der Waals surface area contributed by atoms with Crippen molar-refractivity contribution in [2.75, 3.05) is 13.7 Å².